The highest BCUT2D eigenvalue weighted by Gasteiger charge is 2.17. The van der Waals surface area contributed by atoms with Crippen LogP contribution in [0.5, 0.6) is 11.5 Å². The number of hydrogen-bond donors (Lipinski definition) is 0. The molecule has 4 aromatic carbocycles. The van der Waals surface area contributed by atoms with E-state index in [0.717, 1.165) is 24.8 Å². The van der Waals surface area contributed by atoms with Gasteiger partial charge in [0.25, 0.3) is 0 Å². The number of aryl methyl sites for hydroxylation is 1. The van der Waals surface area contributed by atoms with Crippen molar-refractivity contribution in [3.8, 4) is 33.8 Å². The molecule has 4 aromatic rings. The van der Waals surface area contributed by atoms with E-state index in [9.17, 15) is 17.6 Å². The molecule has 0 amide bonds. The van der Waals surface area contributed by atoms with Crippen LogP contribution in [0.1, 0.15) is 37.3 Å². The SMILES string of the molecule is CCCCCOc1ccc(OCc2ccc(-c3ccc(-c4ccc(C)cc4)c(F)c3F)cc2)c(F)c1F. The monoisotopic (exact) mass is 508 g/mol. The van der Waals surface area contributed by atoms with Gasteiger partial charge in [-0.05, 0) is 42.2 Å². The Hall–Kier alpha value is -3.80. The third-order valence-corrected chi connectivity index (χ3v) is 6.12. The maximum absolute atomic E-state index is 14.9. The summed E-state index contributed by atoms with van der Waals surface area (Å²) < 4.78 is 69.3. The van der Waals surface area contributed by atoms with E-state index >= 15 is 0 Å². The second-order valence-electron chi connectivity index (χ2n) is 8.89. The zero-order valence-electron chi connectivity index (χ0n) is 20.8. The van der Waals surface area contributed by atoms with Gasteiger partial charge in [-0.3, -0.25) is 0 Å². The summed E-state index contributed by atoms with van der Waals surface area (Å²) in [6, 6.07) is 19.6. The molecule has 37 heavy (non-hydrogen) atoms. The fourth-order valence-electron chi connectivity index (χ4n) is 3.94. The number of rotatable bonds is 10. The standard InChI is InChI=1S/C31H28F4O2/c1-3-4-5-18-36-26-16-17-27(31(35)30(26)34)37-19-21-8-12-23(13-9-21)25-15-14-24(28(32)29(25)33)22-10-6-20(2)7-11-22/h6-17H,3-5,18-19H2,1-2H3. The molecule has 0 saturated carbocycles. The summed E-state index contributed by atoms with van der Waals surface area (Å²) in [4.78, 5) is 0. The molecule has 0 aromatic heterocycles. The average molecular weight is 509 g/mol. The predicted molar refractivity (Wildman–Crippen MR) is 138 cm³/mol. The van der Waals surface area contributed by atoms with Crippen LogP contribution in [-0.2, 0) is 6.61 Å². The Morgan fingerprint density at radius 2 is 1.08 bits per heavy atom. The van der Waals surface area contributed by atoms with Crippen LogP contribution < -0.4 is 9.47 Å². The third-order valence-electron chi connectivity index (χ3n) is 6.12. The fourth-order valence-corrected chi connectivity index (χ4v) is 3.94. The van der Waals surface area contributed by atoms with Gasteiger partial charge in [-0.25, -0.2) is 8.78 Å². The van der Waals surface area contributed by atoms with Crippen LogP contribution in [0.4, 0.5) is 17.6 Å². The predicted octanol–water partition coefficient (Wildman–Crippen LogP) is 9.03. The summed E-state index contributed by atoms with van der Waals surface area (Å²) in [6.07, 6.45) is 2.71. The molecular weight excluding hydrogens is 480 g/mol. The van der Waals surface area contributed by atoms with Crippen LogP contribution in [0.3, 0.4) is 0 Å². The highest BCUT2D eigenvalue weighted by Crippen LogP contribution is 2.32. The lowest BCUT2D eigenvalue weighted by atomic mass is 9.98. The Morgan fingerprint density at radius 1 is 0.568 bits per heavy atom. The summed E-state index contributed by atoms with van der Waals surface area (Å²) in [5, 5.41) is 0. The smallest absolute Gasteiger partial charge is 0.204 e. The first kappa shape index (κ1) is 26.3. The first-order valence-corrected chi connectivity index (χ1v) is 12.3. The van der Waals surface area contributed by atoms with E-state index in [1.807, 2.05) is 26.0 Å². The van der Waals surface area contributed by atoms with Crippen molar-refractivity contribution in [1.82, 2.24) is 0 Å². The number of ether oxygens (including phenoxy) is 2. The van der Waals surface area contributed by atoms with Crippen molar-refractivity contribution in [2.45, 2.75) is 39.7 Å². The van der Waals surface area contributed by atoms with Gasteiger partial charge in [-0.1, -0.05) is 86.0 Å². The maximum atomic E-state index is 14.9. The normalized spacial score (nSPS) is 11.0. The zero-order valence-corrected chi connectivity index (χ0v) is 20.8. The molecule has 0 N–H and O–H groups in total. The van der Waals surface area contributed by atoms with Crippen molar-refractivity contribution in [3.63, 3.8) is 0 Å². The summed E-state index contributed by atoms with van der Waals surface area (Å²) >= 11 is 0. The third kappa shape index (κ3) is 6.13. The topological polar surface area (TPSA) is 18.5 Å². The highest BCUT2D eigenvalue weighted by atomic mass is 19.2. The van der Waals surface area contributed by atoms with Gasteiger partial charge in [0.05, 0.1) is 6.61 Å². The van der Waals surface area contributed by atoms with Gasteiger partial charge in [-0.15, -0.1) is 0 Å². The number of hydrogen-bond acceptors (Lipinski definition) is 2. The van der Waals surface area contributed by atoms with Crippen LogP contribution >= 0.6 is 0 Å². The molecule has 0 radical (unpaired) electrons. The van der Waals surface area contributed by atoms with Gasteiger partial charge in [0.1, 0.15) is 6.61 Å². The summed E-state index contributed by atoms with van der Waals surface area (Å²) in [5.41, 5.74) is 3.09. The Balaban J connectivity index is 1.43. The molecule has 0 saturated heterocycles. The molecule has 0 heterocycles. The van der Waals surface area contributed by atoms with Gasteiger partial charge in [0.2, 0.25) is 11.6 Å². The molecule has 0 fully saturated rings. The van der Waals surface area contributed by atoms with Crippen LogP contribution in [0.2, 0.25) is 0 Å². The summed E-state index contributed by atoms with van der Waals surface area (Å²) in [5.74, 6) is -4.43. The second kappa shape index (κ2) is 12.0. The molecule has 0 atom stereocenters. The molecular formula is C31H28F4O2. The van der Waals surface area contributed by atoms with Crippen LogP contribution in [0, 0.1) is 30.2 Å². The van der Waals surface area contributed by atoms with Crippen LogP contribution in [-0.4, -0.2) is 6.61 Å². The highest BCUT2D eigenvalue weighted by molar-refractivity contribution is 5.72. The Kier molecular flexibility index (Phi) is 8.49. The number of unbranched alkanes of at least 4 members (excludes halogenated alkanes) is 2. The molecule has 2 nitrogen and oxygen atoms in total. The van der Waals surface area contributed by atoms with Crippen molar-refractivity contribution in [1.29, 1.82) is 0 Å². The minimum Gasteiger partial charge on any atom is -0.490 e. The van der Waals surface area contributed by atoms with E-state index in [1.54, 1.807) is 48.5 Å². The minimum atomic E-state index is -1.11. The summed E-state index contributed by atoms with van der Waals surface area (Å²) in [6.45, 7) is 4.25. The number of benzene rings is 4. The van der Waals surface area contributed by atoms with E-state index < -0.39 is 23.3 Å². The van der Waals surface area contributed by atoms with Crippen molar-refractivity contribution in [3.05, 3.63) is 107 Å². The van der Waals surface area contributed by atoms with Crippen molar-refractivity contribution in [2.24, 2.45) is 0 Å². The molecule has 0 bridgehead atoms. The van der Waals surface area contributed by atoms with Crippen LogP contribution in [0.25, 0.3) is 22.3 Å². The maximum Gasteiger partial charge on any atom is 0.204 e. The first-order chi connectivity index (χ1) is 17.9. The van der Waals surface area contributed by atoms with Crippen molar-refractivity contribution in [2.75, 3.05) is 6.61 Å². The van der Waals surface area contributed by atoms with Crippen molar-refractivity contribution >= 4 is 0 Å². The van der Waals surface area contributed by atoms with Gasteiger partial charge < -0.3 is 9.47 Å². The lowest BCUT2D eigenvalue weighted by molar-refractivity contribution is 0.266. The summed E-state index contributed by atoms with van der Waals surface area (Å²) in [7, 11) is 0. The molecule has 0 unspecified atom stereocenters. The molecule has 0 aliphatic heterocycles. The first-order valence-electron chi connectivity index (χ1n) is 12.3. The number of halogens is 4. The van der Waals surface area contributed by atoms with E-state index in [0.29, 0.717) is 23.3 Å². The van der Waals surface area contributed by atoms with Gasteiger partial charge >= 0.3 is 0 Å². The van der Waals surface area contributed by atoms with Crippen molar-refractivity contribution < 1.29 is 27.0 Å². The molecule has 4 rings (SSSR count). The lowest BCUT2D eigenvalue weighted by Gasteiger charge is -2.12. The molecule has 192 valence electrons. The van der Waals surface area contributed by atoms with E-state index in [-0.39, 0.29) is 29.2 Å². The molecule has 6 heteroatoms. The Labute approximate surface area is 214 Å². The zero-order chi connectivity index (χ0) is 26.4. The minimum absolute atomic E-state index is 0.0312. The van der Waals surface area contributed by atoms with E-state index in [2.05, 4.69) is 0 Å². The van der Waals surface area contributed by atoms with Gasteiger partial charge in [0, 0.05) is 11.1 Å². The van der Waals surface area contributed by atoms with Gasteiger partial charge in [-0.2, -0.15) is 8.78 Å². The second-order valence-corrected chi connectivity index (χ2v) is 8.89. The quantitative estimate of drug-likeness (QED) is 0.157. The Bertz CT molecular complexity index is 1350. The van der Waals surface area contributed by atoms with E-state index in [1.165, 1.54) is 12.1 Å². The van der Waals surface area contributed by atoms with E-state index in [4.69, 9.17) is 9.47 Å². The molecule has 0 aliphatic rings. The average Bonchev–Trinajstić information content (AvgIpc) is 2.91. The molecule has 0 spiro atoms. The Morgan fingerprint density at radius 3 is 1.62 bits per heavy atom. The van der Waals surface area contributed by atoms with Crippen LogP contribution in [0.15, 0.2) is 72.8 Å². The molecule has 0 aliphatic carbocycles. The fraction of sp³-hybridized carbons (Fsp3) is 0.226. The largest absolute Gasteiger partial charge is 0.490 e. The lowest BCUT2D eigenvalue weighted by Crippen LogP contribution is -2.03. The van der Waals surface area contributed by atoms with Gasteiger partial charge in [0.15, 0.2) is 23.1 Å².